The molecule has 0 saturated heterocycles. The van der Waals surface area contributed by atoms with Crippen molar-refractivity contribution in [2.75, 3.05) is 5.32 Å². The van der Waals surface area contributed by atoms with Gasteiger partial charge in [-0.2, -0.15) is 9.78 Å². The van der Waals surface area contributed by atoms with Crippen LogP contribution in [-0.4, -0.2) is 25.9 Å². The van der Waals surface area contributed by atoms with Gasteiger partial charge in [0.25, 0.3) is 0 Å². The van der Waals surface area contributed by atoms with Gasteiger partial charge >= 0.3 is 6.03 Å². The summed E-state index contributed by atoms with van der Waals surface area (Å²) in [5.41, 5.74) is 4.00. The Kier molecular flexibility index (Phi) is 5.96. The Hall–Kier alpha value is -4.91. The van der Waals surface area contributed by atoms with Crippen molar-refractivity contribution in [3.63, 3.8) is 0 Å². The van der Waals surface area contributed by atoms with Gasteiger partial charge < -0.3 is 15.2 Å². The number of phenolic OH excluding ortho intramolecular Hbond substituents is 1. The maximum atomic E-state index is 13.2. The first kappa shape index (κ1) is 21.9. The lowest BCUT2D eigenvalue weighted by molar-refractivity contribution is 0.251. The molecule has 0 unspecified atom stereocenters. The standard InChI is InChI=1S/C28H22N4O3/c1-19-8-12-22(13-9-19)35-23-14-10-21(11-15-23)30-28(34)32-26(24-6-2-3-7-27(24)33)17-25(31-32)20-5-4-16-29-18-20/h2-18,33H,1H3,(H,30,34). The van der Waals surface area contributed by atoms with Crippen LogP contribution in [0.3, 0.4) is 0 Å². The van der Waals surface area contributed by atoms with E-state index < -0.39 is 6.03 Å². The van der Waals surface area contributed by atoms with E-state index in [0.717, 1.165) is 16.9 Å². The molecule has 35 heavy (non-hydrogen) atoms. The summed E-state index contributed by atoms with van der Waals surface area (Å²) in [6.07, 6.45) is 3.34. The van der Waals surface area contributed by atoms with Crippen LogP contribution in [-0.2, 0) is 0 Å². The Labute approximate surface area is 202 Å². The summed E-state index contributed by atoms with van der Waals surface area (Å²) >= 11 is 0. The van der Waals surface area contributed by atoms with Gasteiger partial charge in [-0.15, -0.1) is 0 Å². The predicted molar refractivity (Wildman–Crippen MR) is 135 cm³/mol. The van der Waals surface area contributed by atoms with Gasteiger partial charge in [0.05, 0.1) is 11.4 Å². The van der Waals surface area contributed by atoms with Crippen LogP contribution in [0, 0.1) is 6.92 Å². The van der Waals surface area contributed by atoms with E-state index in [0.29, 0.717) is 28.4 Å². The van der Waals surface area contributed by atoms with Gasteiger partial charge in [-0.05, 0) is 73.7 Å². The van der Waals surface area contributed by atoms with Gasteiger partial charge in [-0.3, -0.25) is 4.98 Å². The number of rotatable bonds is 5. The molecule has 0 fully saturated rings. The van der Waals surface area contributed by atoms with Gasteiger partial charge in [0.15, 0.2) is 0 Å². The number of aromatic nitrogens is 3. The Balaban J connectivity index is 1.41. The summed E-state index contributed by atoms with van der Waals surface area (Å²) in [6.45, 7) is 2.02. The Morgan fingerprint density at radius 3 is 2.31 bits per heavy atom. The molecule has 172 valence electrons. The maximum absolute atomic E-state index is 13.2. The number of benzene rings is 3. The number of amides is 1. The number of carbonyl (C=O) groups excluding carboxylic acids is 1. The number of aromatic hydroxyl groups is 1. The normalized spacial score (nSPS) is 10.7. The molecular formula is C28H22N4O3. The molecule has 0 spiro atoms. The molecule has 0 bridgehead atoms. The molecule has 7 nitrogen and oxygen atoms in total. The van der Waals surface area contributed by atoms with Gasteiger partial charge in [-0.25, -0.2) is 4.79 Å². The number of hydrogen-bond acceptors (Lipinski definition) is 5. The molecule has 3 aromatic carbocycles. The lowest BCUT2D eigenvalue weighted by Crippen LogP contribution is -2.21. The van der Waals surface area contributed by atoms with Crippen LogP contribution in [0.2, 0.25) is 0 Å². The highest BCUT2D eigenvalue weighted by Crippen LogP contribution is 2.32. The van der Waals surface area contributed by atoms with E-state index in [1.54, 1.807) is 73.1 Å². The van der Waals surface area contributed by atoms with Crippen LogP contribution in [0.1, 0.15) is 5.56 Å². The van der Waals surface area contributed by atoms with E-state index >= 15 is 0 Å². The molecule has 0 aliphatic carbocycles. The van der Waals surface area contributed by atoms with E-state index in [9.17, 15) is 9.90 Å². The molecular weight excluding hydrogens is 440 g/mol. The van der Waals surface area contributed by atoms with Crippen LogP contribution in [0.4, 0.5) is 10.5 Å². The number of phenols is 1. The quantitative estimate of drug-likeness (QED) is 0.311. The number of nitrogens with one attached hydrogen (secondary N) is 1. The second-order valence-corrected chi connectivity index (χ2v) is 7.96. The lowest BCUT2D eigenvalue weighted by atomic mass is 10.1. The third-order valence-corrected chi connectivity index (χ3v) is 5.40. The van der Waals surface area contributed by atoms with E-state index in [1.807, 2.05) is 37.3 Å². The summed E-state index contributed by atoms with van der Waals surface area (Å²) in [5.74, 6) is 1.44. The fourth-order valence-corrected chi connectivity index (χ4v) is 3.60. The molecule has 2 aromatic heterocycles. The highest BCUT2D eigenvalue weighted by molar-refractivity contribution is 5.94. The third kappa shape index (κ3) is 4.89. The molecule has 0 atom stereocenters. The molecule has 7 heteroatoms. The van der Waals surface area contributed by atoms with Gasteiger partial charge in [0.1, 0.15) is 17.2 Å². The summed E-state index contributed by atoms with van der Waals surface area (Å²) in [7, 11) is 0. The zero-order valence-electron chi connectivity index (χ0n) is 18.9. The first-order chi connectivity index (χ1) is 17.1. The number of aryl methyl sites for hydroxylation is 1. The van der Waals surface area contributed by atoms with Crippen molar-refractivity contribution in [1.29, 1.82) is 0 Å². The van der Waals surface area contributed by atoms with Crippen molar-refractivity contribution in [3.05, 3.63) is 109 Å². The predicted octanol–water partition coefficient (Wildman–Crippen LogP) is 6.50. The van der Waals surface area contributed by atoms with Crippen LogP contribution >= 0.6 is 0 Å². The molecule has 5 rings (SSSR count). The molecule has 2 heterocycles. The SMILES string of the molecule is Cc1ccc(Oc2ccc(NC(=O)n3nc(-c4cccnc4)cc3-c3ccccc3O)cc2)cc1. The fraction of sp³-hybridized carbons (Fsp3) is 0.0357. The number of hydrogen-bond donors (Lipinski definition) is 2. The first-order valence-corrected chi connectivity index (χ1v) is 11.0. The Morgan fingerprint density at radius 1 is 0.914 bits per heavy atom. The van der Waals surface area contributed by atoms with Crippen molar-refractivity contribution in [2.24, 2.45) is 0 Å². The minimum Gasteiger partial charge on any atom is -0.507 e. The molecule has 2 N–H and O–H groups in total. The van der Waals surface area contributed by atoms with Crippen molar-refractivity contribution < 1.29 is 14.6 Å². The summed E-state index contributed by atoms with van der Waals surface area (Å²) in [5, 5.41) is 17.8. The zero-order chi connectivity index (χ0) is 24.2. The second-order valence-electron chi connectivity index (χ2n) is 7.96. The van der Waals surface area contributed by atoms with Gasteiger partial charge in [0, 0.05) is 29.2 Å². The van der Waals surface area contributed by atoms with Crippen LogP contribution in [0.15, 0.2) is 103 Å². The zero-order valence-corrected chi connectivity index (χ0v) is 18.9. The number of ether oxygens (including phenoxy) is 1. The van der Waals surface area contributed by atoms with E-state index in [-0.39, 0.29) is 5.75 Å². The molecule has 0 radical (unpaired) electrons. The maximum Gasteiger partial charge on any atom is 0.347 e. The third-order valence-electron chi connectivity index (χ3n) is 5.40. The number of para-hydroxylation sites is 1. The average Bonchev–Trinajstić information content (AvgIpc) is 3.33. The summed E-state index contributed by atoms with van der Waals surface area (Å²) in [4.78, 5) is 17.4. The average molecular weight is 463 g/mol. The number of nitrogens with zero attached hydrogens (tertiary/aromatic N) is 3. The minimum atomic E-state index is -0.467. The molecule has 0 aliphatic rings. The largest absolute Gasteiger partial charge is 0.507 e. The molecule has 1 amide bonds. The molecule has 0 saturated carbocycles. The Bertz CT molecular complexity index is 1460. The van der Waals surface area contributed by atoms with Crippen molar-refractivity contribution in [3.8, 4) is 39.8 Å². The van der Waals surface area contributed by atoms with Gasteiger partial charge in [-0.1, -0.05) is 29.8 Å². The van der Waals surface area contributed by atoms with Crippen LogP contribution in [0.5, 0.6) is 17.2 Å². The minimum absolute atomic E-state index is 0.0526. The highest BCUT2D eigenvalue weighted by Gasteiger charge is 2.19. The summed E-state index contributed by atoms with van der Waals surface area (Å²) < 4.78 is 7.10. The fourth-order valence-electron chi connectivity index (χ4n) is 3.60. The van der Waals surface area contributed by atoms with Crippen LogP contribution in [0.25, 0.3) is 22.5 Å². The second kappa shape index (κ2) is 9.52. The van der Waals surface area contributed by atoms with Crippen molar-refractivity contribution in [1.82, 2.24) is 14.8 Å². The number of anilines is 1. The summed E-state index contributed by atoms with van der Waals surface area (Å²) in [6, 6.07) is 26.6. The van der Waals surface area contributed by atoms with E-state index in [1.165, 1.54) is 4.68 Å². The van der Waals surface area contributed by atoms with Crippen molar-refractivity contribution in [2.45, 2.75) is 6.92 Å². The topological polar surface area (TPSA) is 89.3 Å². The number of carbonyl (C=O) groups is 1. The van der Waals surface area contributed by atoms with Crippen molar-refractivity contribution >= 4 is 11.7 Å². The van der Waals surface area contributed by atoms with Crippen LogP contribution < -0.4 is 10.1 Å². The number of pyridine rings is 1. The monoisotopic (exact) mass is 462 g/mol. The molecule has 0 aliphatic heterocycles. The van der Waals surface area contributed by atoms with Gasteiger partial charge in [0.2, 0.25) is 0 Å². The smallest absolute Gasteiger partial charge is 0.347 e. The molecule has 5 aromatic rings. The first-order valence-electron chi connectivity index (χ1n) is 11.0. The highest BCUT2D eigenvalue weighted by atomic mass is 16.5. The van der Waals surface area contributed by atoms with E-state index in [2.05, 4.69) is 15.4 Å². The van der Waals surface area contributed by atoms with E-state index in [4.69, 9.17) is 4.74 Å². The Morgan fingerprint density at radius 2 is 1.63 bits per heavy atom. The lowest BCUT2D eigenvalue weighted by Gasteiger charge is -2.10.